The second-order valence-corrected chi connectivity index (χ2v) is 9.69. The summed E-state index contributed by atoms with van der Waals surface area (Å²) in [6.45, 7) is 1.72. The number of benzene rings is 2. The summed E-state index contributed by atoms with van der Waals surface area (Å²) in [5.41, 5.74) is 1.05. The van der Waals surface area contributed by atoms with Gasteiger partial charge in [-0.1, -0.05) is 12.1 Å². The average Bonchev–Trinajstić information content (AvgIpc) is 2.59. The average molecular weight is 378 g/mol. The fourth-order valence-electron chi connectivity index (χ4n) is 2.28. The number of sulfonamides is 1. The van der Waals surface area contributed by atoms with Crippen molar-refractivity contribution in [3.63, 3.8) is 0 Å². The molecule has 0 amide bonds. The minimum absolute atomic E-state index is 0.0913. The molecule has 0 aliphatic carbocycles. The molecule has 25 heavy (non-hydrogen) atoms. The van der Waals surface area contributed by atoms with Crippen molar-refractivity contribution < 1.29 is 16.8 Å². The van der Waals surface area contributed by atoms with Crippen molar-refractivity contribution in [2.45, 2.75) is 22.8 Å². The molecule has 0 N–H and O–H groups in total. The van der Waals surface area contributed by atoms with Gasteiger partial charge in [0, 0.05) is 19.3 Å². The summed E-state index contributed by atoms with van der Waals surface area (Å²) in [4.78, 5) is 0.273. The van der Waals surface area contributed by atoms with Gasteiger partial charge in [0.15, 0.2) is 9.84 Å². The van der Waals surface area contributed by atoms with Crippen LogP contribution >= 0.6 is 0 Å². The van der Waals surface area contributed by atoms with Crippen molar-refractivity contribution in [1.29, 1.82) is 5.26 Å². The lowest BCUT2D eigenvalue weighted by Crippen LogP contribution is -2.29. The Balaban J connectivity index is 2.31. The molecule has 0 saturated carbocycles. The van der Waals surface area contributed by atoms with E-state index in [1.165, 1.54) is 47.8 Å². The standard InChI is InChI=1S/C17H18N2O4S2/c1-13(15-6-10-16(11-7-15)24(3,20)21)19(2)25(22,23)17-8-4-14(12-18)5-9-17/h4-11,13H,1-3H3. The summed E-state index contributed by atoms with van der Waals surface area (Å²) in [6.07, 6.45) is 1.12. The smallest absolute Gasteiger partial charge is 0.224 e. The molecule has 0 fully saturated rings. The molecule has 1 unspecified atom stereocenters. The second-order valence-electron chi connectivity index (χ2n) is 5.67. The fourth-order valence-corrected chi connectivity index (χ4v) is 4.26. The van der Waals surface area contributed by atoms with E-state index in [0.29, 0.717) is 11.1 Å². The maximum atomic E-state index is 12.7. The van der Waals surface area contributed by atoms with Crippen LogP contribution in [0.5, 0.6) is 0 Å². The Morgan fingerprint density at radius 2 is 1.40 bits per heavy atom. The predicted octanol–water partition coefficient (Wildman–Crippen LogP) is 2.34. The van der Waals surface area contributed by atoms with Gasteiger partial charge in [0.25, 0.3) is 0 Å². The maximum Gasteiger partial charge on any atom is 0.243 e. The lowest BCUT2D eigenvalue weighted by atomic mass is 10.1. The largest absolute Gasteiger partial charge is 0.243 e. The third kappa shape index (κ3) is 4.07. The van der Waals surface area contributed by atoms with Gasteiger partial charge in [-0.3, -0.25) is 0 Å². The van der Waals surface area contributed by atoms with Gasteiger partial charge in [0.05, 0.1) is 21.4 Å². The van der Waals surface area contributed by atoms with Crippen molar-refractivity contribution in [1.82, 2.24) is 4.31 Å². The van der Waals surface area contributed by atoms with Crippen LogP contribution in [0, 0.1) is 11.3 Å². The lowest BCUT2D eigenvalue weighted by Gasteiger charge is -2.25. The van der Waals surface area contributed by atoms with Gasteiger partial charge in [-0.15, -0.1) is 0 Å². The monoisotopic (exact) mass is 378 g/mol. The molecular formula is C17H18N2O4S2. The molecule has 0 saturated heterocycles. The third-order valence-electron chi connectivity index (χ3n) is 4.00. The number of rotatable bonds is 5. The second kappa shape index (κ2) is 6.96. The van der Waals surface area contributed by atoms with E-state index < -0.39 is 25.9 Å². The molecule has 8 heteroatoms. The zero-order valence-corrected chi connectivity index (χ0v) is 15.7. The lowest BCUT2D eigenvalue weighted by molar-refractivity contribution is 0.398. The SMILES string of the molecule is CC(c1ccc(S(C)(=O)=O)cc1)N(C)S(=O)(=O)c1ccc(C#N)cc1. The third-order valence-corrected chi connectivity index (χ3v) is 7.07. The molecule has 132 valence electrons. The minimum Gasteiger partial charge on any atom is -0.224 e. The first kappa shape index (κ1) is 19.1. The van der Waals surface area contributed by atoms with E-state index >= 15 is 0 Å². The van der Waals surface area contributed by atoms with Gasteiger partial charge in [-0.25, -0.2) is 16.8 Å². The van der Waals surface area contributed by atoms with Crippen LogP contribution in [0.2, 0.25) is 0 Å². The number of nitriles is 1. The van der Waals surface area contributed by atoms with Crippen LogP contribution < -0.4 is 0 Å². The van der Waals surface area contributed by atoms with E-state index in [-0.39, 0.29) is 9.79 Å². The van der Waals surface area contributed by atoms with Gasteiger partial charge in [-0.2, -0.15) is 9.57 Å². The van der Waals surface area contributed by atoms with Crippen LogP contribution in [0.3, 0.4) is 0 Å². The van der Waals surface area contributed by atoms with Crippen LogP contribution in [0.1, 0.15) is 24.1 Å². The molecule has 1 atom stereocenters. The van der Waals surface area contributed by atoms with E-state index in [0.717, 1.165) is 6.26 Å². The summed E-state index contributed by atoms with van der Waals surface area (Å²) in [6, 6.07) is 13.3. The topological polar surface area (TPSA) is 95.3 Å². The van der Waals surface area contributed by atoms with E-state index in [2.05, 4.69) is 0 Å². The summed E-state index contributed by atoms with van der Waals surface area (Å²) in [7, 11) is -5.58. The van der Waals surface area contributed by atoms with Crippen LogP contribution in [0.25, 0.3) is 0 Å². The van der Waals surface area contributed by atoms with Crippen molar-refractivity contribution in [3.8, 4) is 6.07 Å². The Kier molecular flexibility index (Phi) is 5.32. The summed E-state index contributed by atoms with van der Waals surface area (Å²) in [5, 5.41) is 8.80. The first-order chi connectivity index (χ1) is 11.6. The van der Waals surface area contributed by atoms with Crippen molar-refractivity contribution in [2.24, 2.45) is 0 Å². The molecule has 6 nitrogen and oxygen atoms in total. The van der Waals surface area contributed by atoms with Crippen LogP contribution in [0.15, 0.2) is 58.3 Å². The maximum absolute atomic E-state index is 12.7. The molecule has 0 radical (unpaired) electrons. The van der Waals surface area contributed by atoms with Crippen molar-refractivity contribution >= 4 is 19.9 Å². The highest BCUT2D eigenvalue weighted by atomic mass is 32.2. The van der Waals surface area contributed by atoms with Crippen LogP contribution in [-0.4, -0.2) is 34.4 Å². The number of hydrogen-bond donors (Lipinski definition) is 0. The molecule has 0 aromatic heterocycles. The van der Waals surface area contributed by atoms with Crippen LogP contribution in [-0.2, 0) is 19.9 Å². The minimum atomic E-state index is -3.74. The van der Waals surface area contributed by atoms with E-state index in [1.54, 1.807) is 19.1 Å². The first-order valence-corrected chi connectivity index (χ1v) is 10.7. The number of sulfone groups is 1. The van der Waals surface area contributed by atoms with Gasteiger partial charge in [0.2, 0.25) is 10.0 Å². The van der Waals surface area contributed by atoms with Gasteiger partial charge in [0.1, 0.15) is 0 Å². The van der Waals surface area contributed by atoms with Crippen molar-refractivity contribution in [3.05, 3.63) is 59.7 Å². The van der Waals surface area contributed by atoms with E-state index in [1.807, 2.05) is 6.07 Å². The molecular weight excluding hydrogens is 360 g/mol. The molecule has 0 aliphatic heterocycles. The van der Waals surface area contributed by atoms with Gasteiger partial charge < -0.3 is 0 Å². The zero-order chi connectivity index (χ0) is 18.8. The Morgan fingerprint density at radius 1 is 0.920 bits per heavy atom. The summed E-state index contributed by atoms with van der Waals surface area (Å²) >= 11 is 0. The first-order valence-electron chi connectivity index (χ1n) is 7.35. The summed E-state index contributed by atoms with van der Waals surface area (Å²) in [5.74, 6) is 0. The molecule has 0 spiro atoms. The molecule has 2 aromatic carbocycles. The molecule has 2 aromatic rings. The van der Waals surface area contributed by atoms with E-state index in [4.69, 9.17) is 5.26 Å². The number of hydrogen-bond acceptors (Lipinski definition) is 5. The van der Waals surface area contributed by atoms with Crippen LogP contribution in [0.4, 0.5) is 0 Å². The van der Waals surface area contributed by atoms with Crippen molar-refractivity contribution in [2.75, 3.05) is 13.3 Å². The molecule has 0 aliphatic rings. The molecule has 2 rings (SSSR count). The quantitative estimate of drug-likeness (QED) is 0.796. The highest BCUT2D eigenvalue weighted by molar-refractivity contribution is 7.90. The predicted molar refractivity (Wildman–Crippen MR) is 94.1 cm³/mol. The Hall–Kier alpha value is -2.21. The zero-order valence-electron chi connectivity index (χ0n) is 14.0. The highest BCUT2D eigenvalue weighted by Crippen LogP contribution is 2.26. The Morgan fingerprint density at radius 3 is 1.84 bits per heavy atom. The number of nitrogens with zero attached hydrogens (tertiary/aromatic N) is 2. The van der Waals surface area contributed by atoms with E-state index in [9.17, 15) is 16.8 Å². The molecule has 0 bridgehead atoms. The van der Waals surface area contributed by atoms with Gasteiger partial charge >= 0.3 is 0 Å². The fraction of sp³-hybridized carbons (Fsp3) is 0.235. The highest BCUT2D eigenvalue weighted by Gasteiger charge is 2.26. The Labute approximate surface area is 148 Å². The normalized spacial score (nSPS) is 13.4. The van der Waals surface area contributed by atoms with Gasteiger partial charge in [-0.05, 0) is 48.9 Å². The molecule has 0 heterocycles. The summed E-state index contributed by atoms with van der Waals surface area (Å²) < 4.78 is 49.7. The Bertz CT molecular complexity index is 1000.